The maximum Gasteiger partial charge on any atom is 0.255 e. The van der Waals surface area contributed by atoms with Gasteiger partial charge in [0, 0.05) is 19.8 Å². The number of carbonyl (C=O) groups is 1. The average molecular weight is 273 g/mol. The van der Waals surface area contributed by atoms with E-state index in [0.717, 1.165) is 23.2 Å². The summed E-state index contributed by atoms with van der Waals surface area (Å²) in [6.45, 7) is 2.47. The zero-order valence-electron chi connectivity index (χ0n) is 11.8. The maximum absolute atomic E-state index is 12.1. The fourth-order valence-corrected chi connectivity index (χ4v) is 2.03. The topological polar surface area (TPSA) is 67.2 Å². The summed E-state index contributed by atoms with van der Waals surface area (Å²) in [5, 5.41) is 16.1. The van der Waals surface area contributed by atoms with Crippen LogP contribution < -0.4 is 5.32 Å². The van der Waals surface area contributed by atoms with Gasteiger partial charge in [0.25, 0.3) is 5.91 Å². The second kappa shape index (κ2) is 6.34. The molecule has 0 spiro atoms. The fourth-order valence-electron chi connectivity index (χ4n) is 2.03. The standard InChI is InChI=1S/C15H19N3O2/c1-3-14-13(9-18(2)17-14)15(20)16-8-11-4-6-12(10-19)7-5-11/h4-7,9,19H,3,8,10H2,1-2H3,(H,16,20). The van der Waals surface area contributed by atoms with Crippen LogP contribution in [0.15, 0.2) is 30.5 Å². The molecule has 1 heterocycles. The molecule has 1 amide bonds. The van der Waals surface area contributed by atoms with E-state index in [1.165, 1.54) is 0 Å². The van der Waals surface area contributed by atoms with Gasteiger partial charge in [-0.05, 0) is 17.5 Å². The van der Waals surface area contributed by atoms with Gasteiger partial charge < -0.3 is 10.4 Å². The Morgan fingerprint density at radius 2 is 1.95 bits per heavy atom. The number of aromatic nitrogens is 2. The molecule has 0 saturated carbocycles. The lowest BCUT2D eigenvalue weighted by molar-refractivity contribution is 0.0950. The minimum absolute atomic E-state index is 0.0299. The summed E-state index contributed by atoms with van der Waals surface area (Å²) in [7, 11) is 1.81. The molecule has 1 aromatic carbocycles. The highest BCUT2D eigenvalue weighted by molar-refractivity contribution is 5.95. The van der Waals surface area contributed by atoms with E-state index in [2.05, 4.69) is 10.4 Å². The molecule has 0 aliphatic heterocycles. The zero-order chi connectivity index (χ0) is 14.5. The summed E-state index contributed by atoms with van der Waals surface area (Å²) in [5.41, 5.74) is 3.29. The highest BCUT2D eigenvalue weighted by Gasteiger charge is 2.13. The van der Waals surface area contributed by atoms with Crippen LogP contribution in [0.1, 0.15) is 34.1 Å². The predicted octanol–water partition coefficient (Wildman–Crippen LogP) is 1.40. The van der Waals surface area contributed by atoms with Gasteiger partial charge in [0.05, 0.1) is 17.9 Å². The smallest absolute Gasteiger partial charge is 0.255 e. The molecular formula is C15H19N3O2. The van der Waals surface area contributed by atoms with Gasteiger partial charge in [0.2, 0.25) is 0 Å². The van der Waals surface area contributed by atoms with E-state index in [-0.39, 0.29) is 12.5 Å². The van der Waals surface area contributed by atoms with Crippen LogP contribution in [-0.4, -0.2) is 20.8 Å². The van der Waals surface area contributed by atoms with Gasteiger partial charge in [0.15, 0.2) is 0 Å². The lowest BCUT2D eigenvalue weighted by Gasteiger charge is -2.05. The second-order valence-corrected chi connectivity index (χ2v) is 4.67. The molecule has 2 aromatic rings. The van der Waals surface area contributed by atoms with Crippen molar-refractivity contribution in [1.29, 1.82) is 0 Å². The Morgan fingerprint density at radius 3 is 2.55 bits per heavy atom. The molecule has 5 nitrogen and oxygen atoms in total. The molecule has 106 valence electrons. The van der Waals surface area contributed by atoms with Crippen molar-refractivity contribution >= 4 is 5.91 Å². The first-order valence-electron chi connectivity index (χ1n) is 6.63. The monoisotopic (exact) mass is 273 g/mol. The van der Waals surface area contributed by atoms with Crippen molar-refractivity contribution in [2.45, 2.75) is 26.5 Å². The quantitative estimate of drug-likeness (QED) is 0.865. The molecule has 1 aromatic heterocycles. The van der Waals surface area contributed by atoms with Gasteiger partial charge in [-0.15, -0.1) is 0 Å². The molecule has 0 atom stereocenters. The number of nitrogens with zero attached hydrogens (tertiary/aromatic N) is 2. The first-order valence-corrected chi connectivity index (χ1v) is 6.63. The van der Waals surface area contributed by atoms with E-state index in [1.807, 2.05) is 38.2 Å². The Balaban J connectivity index is 2.00. The van der Waals surface area contributed by atoms with E-state index in [1.54, 1.807) is 10.9 Å². The maximum atomic E-state index is 12.1. The Kier molecular flexibility index (Phi) is 4.53. The van der Waals surface area contributed by atoms with Gasteiger partial charge in [-0.1, -0.05) is 31.2 Å². The third-order valence-electron chi connectivity index (χ3n) is 3.14. The second-order valence-electron chi connectivity index (χ2n) is 4.67. The molecule has 2 N–H and O–H groups in total. The Morgan fingerprint density at radius 1 is 1.30 bits per heavy atom. The van der Waals surface area contributed by atoms with Gasteiger partial charge in [-0.3, -0.25) is 9.48 Å². The molecule has 0 aliphatic carbocycles. The fraction of sp³-hybridized carbons (Fsp3) is 0.333. The number of nitrogens with one attached hydrogen (secondary N) is 1. The number of carbonyl (C=O) groups excluding carboxylic acids is 1. The van der Waals surface area contributed by atoms with Gasteiger partial charge in [-0.25, -0.2) is 0 Å². The van der Waals surface area contributed by atoms with Crippen molar-refractivity contribution in [2.75, 3.05) is 0 Å². The highest BCUT2D eigenvalue weighted by Crippen LogP contribution is 2.08. The van der Waals surface area contributed by atoms with Crippen LogP contribution >= 0.6 is 0 Å². The molecule has 0 saturated heterocycles. The SMILES string of the molecule is CCc1nn(C)cc1C(=O)NCc1ccc(CO)cc1. The van der Waals surface area contributed by atoms with Crippen LogP contribution in [0.25, 0.3) is 0 Å². The number of aryl methyl sites for hydroxylation is 2. The van der Waals surface area contributed by atoms with Crippen molar-refractivity contribution in [3.63, 3.8) is 0 Å². The minimum Gasteiger partial charge on any atom is -0.392 e. The van der Waals surface area contributed by atoms with Crippen molar-refractivity contribution in [1.82, 2.24) is 15.1 Å². The molecular weight excluding hydrogens is 254 g/mol. The first-order chi connectivity index (χ1) is 9.63. The summed E-state index contributed by atoms with van der Waals surface area (Å²) in [4.78, 5) is 12.1. The molecule has 0 radical (unpaired) electrons. The van der Waals surface area contributed by atoms with Crippen molar-refractivity contribution in [3.8, 4) is 0 Å². The summed E-state index contributed by atoms with van der Waals surface area (Å²) < 4.78 is 1.66. The van der Waals surface area contributed by atoms with E-state index >= 15 is 0 Å². The number of aliphatic hydroxyl groups excluding tert-OH is 1. The lowest BCUT2D eigenvalue weighted by Crippen LogP contribution is -2.23. The van der Waals surface area contributed by atoms with Crippen LogP contribution in [0.5, 0.6) is 0 Å². The van der Waals surface area contributed by atoms with Crippen molar-refractivity contribution in [2.24, 2.45) is 7.05 Å². The summed E-state index contributed by atoms with van der Waals surface area (Å²) in [6.07, 6.45) is 2.47. The Hall–Kier alpha value is -2.14. The normalized spacial score (nSPS) is 10.6. The van der Waals surface area contributed by atoms with Crippen molar-refractivity contribution in [3.05, 3.63) is 52.8 Å². The Labute approximate surface area is 118 Å². The molecule has 0 bridgehead atoms. The Bertz CT molecular complexity index is 588. The number of rotatable bonds is 5. The van der Waals surface area contributed by atoms with E-state index in [0.29, 0.717) is 12.1 Å². The zero-order valence-corrected chi connectivity index (χ0v) is 11.8. The molecule has 0 unspecified atom stereocenters. The van der Waals surface area contributed by atoms with Gasteiger partial charge >= 0.3 is 0 Å². The number of amides is 1. The highest BCUT2D eigenvalue weighted by atomic mass is 16.3. The van der Waals surface area contributed by atoms with Crippen LogP contribution in [0.2, 0.25) is 0 Å². The van der Waals surface area contributed by atoms with Gasteiger partial charge in [0.1, 0.15) is 0 Å². The number of benzene rings is 1. The van der Waals surface area contributed by atoms with Crippen LogP contribution in [0.4, 0.5) is 0 Å². The largest absolute Gasteiger partial charge is 0.392 e. The van der Waals surface area contributed by atoms with Crippen LogP contribution in [-0.2, 0) is 26.6 Å². The third kappa shape index (κ3) is 3.24. The number of hydrogen-bond acceptors (Lipinski definition) is 3. The van der Waals surface area contributed by atoms with Crippen LogP contribution in [0.3, 0.4) is 0 Å². The summed E-state index contributed by atoms with van der Waals surface area (Å²) >= 11 is 0. The van der Waals surface area contributed by atoms with E-state index in [9.17, 15) is 4.79 Å². The van der Waals surface area contributed by atoms with Crippen LogP contribution in [0, 0.1) is 0 Å². The molecule has 2 rings (SSSR count). The van der Waals surface area contributed by atoms with Gasteiger partial charge in [-0.2, -0.15) is 5.10 Å². The number of aliphatic hydroxyl groups is 1. The molecule has 20 heavy (non-hydrogen) atoms. The van der Waals surface area contributed by atoms with E-state index in [4.69, 9.17) is 5.11 Å². The number of hydrogen-bond donors (Lipinski definition) is 2. The first kappa shape index (κ1) is 14.3. The molecule has 0 fully saturated rings. The van der Waals surface area contributed by atoms with Crippen molar-refractivity contribution < 1.29 is 9.90 Å². The minimum atomic E-state index is -0.110. The summed E-state index contributed by atoms with van der Waals surface area (Å²) in [5.74, 6) is -0.110. The average Bonchev–Trinajstić information content (AvgIpc) is 2.86. The summed E-state index contributed by atoms with van der Waals surface area (Å²) in [6, 6.07) is 7.50. The lowest BCUT2D eigenvalue weighted by atomic mass is 10.1. The molecule has 0 aliphatic rings. The molecule has 5 heteroatoms. The predicted molar refractivity (Wildman–Crippen MR) is 76.1 cm³/mol. The van der Waals surface area contributed by atoms with E-state index < -0.39 is 0 Å². The third-order valence-corrected chi connectivity index (χ3v) is 3.14.